The summed E-state index contributed by atoms with van der Waals surface area (Å²) in [6.45, 7) is 10.4. The van der Waals surface area contributed by atoms with Crippen LogP contribution in [0.3, 0.4) is 0 Å². The Morgan fingerprint density at radius 3 is 2.33 bits per heavy atom. The lowest BCUT2D eigenvalue weighted by Gasteiger charge is -2.39. The van der Waals surface area contributed by atoms with Gasteiger partial charge in [0.2, 0.25) is 0 Å². The molecule has 0 bridgehead atoms. The molecule has 3 nitrogen and oxygen atoms in total. The first-order chi connectivity index (χ1) is 8.25. The van der Waals surface area contributed by atoms with Gasteiger partial charge in [0.25, 0.3) is 0 Å². The molecule has 3 heteroatoms. The summed E-state index contributed by atoms with van der Waals surface area (Å²) < 4.78 is 5.06. The van der Waals surface area contributed by atoms with Gasteiger partial charge in [-0.1, -0.05) is 34.6 Å². The molecular weight excluding hydrogens is 228 g/mol. The van der Waals surface area contributed by atoms with Crippen molar-refractivity contribution in [2.24, 2.45) is 16.7 Å². The number of Topliss-reactive ketones (excluding diaryl/α,β-unsaturated/α-hetero) is 1. The zero-order valence-electron chi connectivity index (χ0n) is 12.3. The first kappa shape index (κ1) is 15.2. The second kappa shape index (κ2) is 5.41. The molecule has 1 aliphatic carbocycles. The van der Waals surface area contributed by atoms with E-state index in [1.165, 1.54) is 0 Å². The fourth-order valence-electron chi connectivity index (χ4n) is 2.81. The van der Waals surface area contributed by atoms with E-state index in [-0.39, 0.29) is 29.2 Å². The molecule has 0 aliphatic heterocycles. The van der Waals surface area contributed by atoms with Gasteiger partial charge in [0, 0.05) is 11.8 Å². The van der Waals surface area contributed by atoms with Crippen LogP contribution in [-0.2, 0) is 14.3 Å². The Bertz CT molecular complexity index is 333. The number of hydrogen-bond acceptors (Lipinski definition) is 3. The van der Waals surface area contributed by atoms with Crippen LogP contribution in [0.4, 0.5) is 0 Å². The highest BCUT2D eigenvalue weighted by molar-refractivity contribution is 5.88. The van der Waals surface area contributed by atoms with Crippen molar-refractivity contribution in [3.8, 4) is 0 Å². The van der Waals surface area contributed by atoms with Gasteiger partial charge in [0.1, 0.15) is 0 Å². The molecule has 1 aliphatic rings. The molecule has 1 rings (SSSR count). The highest BCUT2D eigenvalue weighted by Crippen LogP contribution is 2.56. The van der Waals surface area contributed by atoms with Crippen molar-refractivity contribution in [3.05, 3.63) is 0 Å². The summed E-state index contributed by atoms with van der Waals surface area (Å²) in [7, 11) is 0. The third-order valence-electron chi connectivity index (χ3n) is 5.17. The standard InChI is InChI=1S/C15H26O3/c1-6-7-13(17)18-10-12(16)15(5)9-8-11(2)14(15,3)4/h11H,6-10H2,1-5H3/t11-,15-/m1/s1. The third-order valence-corrected chi connectivity index (χ3v) is 5.17. The average molecular weight is 254 g/mol. The maximum Gasteiger partial charge on any atom is 0.306 e. The number of hydrogen-bond donors (Lipinski definition) is 0. The molecular formula is C15H26O3. The van der Waals surface area contributed by atoms with Crippen molar-refractivity contribution < 1.29 is 14.3 Å². The second-order valence-corrected chi connectivity index (χ2v) is 6.33. The molecule has 0 amide bonds. The van der Waals surface area contributed by atoms with Crippen LogP contribution in [0.2, 0.25) is 0 Å². The van der Waals surface area contributed by atoms with Gasteiger partial charge in [-0.15, -0.1) is 0 Å². The minimum atomic E-state index is -0.362. The van der Waals surface area contributed by atoms with E-state index in [1.54, 1.807) is 0 Å². The summed E-state index contributed by atoms with van der Waals surface area (Å²) in [4.78, 5) is 23.7. The molecule has 0 spiro atoms. The number of ketones is 1. The molecule has 1 fully saturated rings. The quantitative estimate of drug-likeness (QED) is 0.706. The highest BCUT2D eigenvalue weighted by Gasteiger charge is 2.53. The Balaban J connectivity index is 2.64. The summed E-state index contributed by atoms with van der Waals surface area (Å²) in [5.74, 6) is 0.331. The van der Waals surface area contributed by atoms with E-state index in [2.05, 4.69) is 20.8 Å². The van der Waals surface area contributed by atoms with Gasteiger partial charge >= 0.3 is 5.97 Å². The monoisotopic (exact) mass is 254 g/mol. The van der Waals surface area contributed by atoms with Gasteiger partial charge in [-0.3, -0.25) is 9.59 Å². The highest BCUT2D eigenvalue weighted by atomic mass is 16.5. The number of esters is 1. The summed E-state index contributed by atoms with van der Waals surface area (Å²) in [6, 6.07) is 0. The van der Waals surface area contributed by atoms with Crippen molar-refractivity contribution in [1.82, 2.24) is 0 Å². The van der Waals surface area contributed by atoms with E-state index in [4.69, 9.17) is 4.74 Å². The van der Waals surface area contributed by atoms with Gasteiger partial charge < -0.3 is 4.74 Å². The maximum atomic E-state index is 12.4. The Morgan fingerprint density at radius 1 is 1.28 bits per heavy atom. The van der Waals surface area contributed by atoms with E-state index >= 15 is 0 Å². The zero-order valence-corrected chi connectivity index (χ0v) is 12.3. The molecule has 104 valence electrons. The first-order valence-electron chi connectivity index (χ1n) is 6.94. The van der Waals surface area contributed by atoms with E-state index in [0.29, 0.717) is 12.3 Å². The predicted octanol–water partition coefficient (Wildman–Crippen LogP) is 3.36. The van der Waals surface area contributed by atoms with Gasteiger partial charge in [0.15, 0.2) is 12.4 Å². The molecule has 0 aromatic rings. The van der Waals surface area contributed by atoms with Crippen LogP contribution >= 0.6 is 0 Å². The molecule has 0 unspecified atom stereocenters. The Kier molecular flexibility index (Phi) is 4.57. The Labute approximate surface area is 110 Å². The molecule has 1 saturated carbocycles. The number of ether oxygens (including phenoxy) is 1. The molecule has 0 radical (unpaired) electrons. The van der Waals surface area contributed by atoms with Crippen LogP contribution in [0.5, 0.6) is 0 Å². The molecule has 0 heterocycles. The summed E-state index contributed by atoms with van der Waals surface area (Å²) >= 11 is 0. The van der Waals surface area contributed by atoms with Gasteiger partial charge in [-0.25, -0.2) is 0 Å². The SMILES string of the molecule is CCCC(=O)OCC(=O)[C@@]1(C)CC[C@@H](C)C1(C)C. The normalized spacial score (nSPS) is 30.2. The molecule has 0 aromatic heterocycles. The summed E-state index contributed by atoms with van der Waals surface area (Å²) in [5.41, 5.74) is -0.389. The van der Waals surface area contributed by atoms with Crippen LogP contribution in [0.15, 0.2) is 0 Å². The molecule has 0 aromatic carbocycles. The van der Waals surface area contributed by atoms with E-state index in [9.17, 15) is 9.59 Å². The lowest BCUT2D eigenvalue weighted by molar-refractivity contribution is -0.152. The van der Waals surface area contributed by atoms with Crippen molar-refractivity contribution in [2.75, 3.05) is 6.61 Å². The van der Waals surface area contributed by atoms with Crippen molar-refractivity contribution in [1.29, 1.82) is 0 Å². The Morgan fingerprint density at radius 2 is 1.89 bits per heavy atom. The molecule has 18 heavy (non-hydrogen) atoms. The van der Waals surface area contributed by atoms with Crippen LogP contribution in [0.25, 0.3) is 0 Å². The maximum absolute atomic E-state index is 12.4. The largest absolute Gasteiger partial charge is 0.458 e. The number of carbonyl (C=O) groups excluding carboxylic acids is 2. The topological polar surface area (TPSA) is 43.4 Å². The van der Waals surface area contributed by atoms with Crippen LogP contribution in [0, 0.1) is 16.7 Å². The van der Waals surface area contributed by atoms with E-state index in [0.717, 1.165) is 19.3 Å². The fourth-order valence-corrected chi connectivity index (χ4v) is 2.81. The number of carbonyl (C=O) groups is 2. The minimum absolute atomic E-state index is 0.0265. The van der Waals surface area contributed by atoms with Crippen LogP contribution < -0.4 is 0 Å². The van der Waals surface area contributed by atoms with Gasteiger partial charge in [0.05, 0.1) is 0 Å². The third kappa shape index (κ3) is 2.60. The number of rotatable bonds is 5. The van der Waals surface area contributed by atoms with Crippen LogP contribution in [0.1, 0.15) is 60.3 Å². The Hall–Kier alpha value is -0.860. The van der Waals surface area contributed by atoms with E-state index < -0.39 is 0 Å². The van der Waals surface area contributed by atoms with Crippen LogP contribution in [-0.4, -0.2) is 18.4 Å². The lowest BCUT2D eigenvalue weighted by Crippen LogP contribution is -2.42. The van der Waals surface area contributed by atoms with Crippen molar-refractivity contribution >= 4 is 11.8 Å². The zero-order chi connectivity index (χ0) is 14.0. The summed E-state index contributed by atoms with van der Waals surface area (Å²) in [5, 5.41) is 0. The molecule has 0 saturated heterocycles. The minimum Gasteiger partial charge on any atom is -0.458 e. The van der Waals surface area contributed by atoms with Crippen molar-refractivity contribution in [2.45, 2.75) is 60.3 Å². The fraction of sp³-hybridized carbons (Fsp3) is 0.867. The molecule has 0 N–H and O–H groups in total. The second-order valence-electron chi connectivity index (χ2n) is 6.33. The summed E-state index contributed by atoms with van der Waals surface area (Å²) in [6.07, 6.45) is 3.11. The molecule has 2 atom stereocenters. The predicted molar refractivity (Wildman–Crippen MR) is 71.2 cm³/mol. The van der Waals surface area contributed by atoms with Gasteiger partial charge in [-0.05, 0) is 30.6 Å². The van der Waals surface area contributed by atoms with Crippen molar-refractivity contribution in [3.63, 3.8) is 0 Å². The average Bonchev–Trinajstić information content (AvgIpc) is 2.51. The smallest absolute Gasteiger partial charge is 0.306 e. The van der Waals surface area contributed by atoms with Gasteiger partial charge in [-0.2, -0.15) is 0 Å². The lowest BCUT2D eigenvalue weighted by atomic mass is 9.64. The van der Waals surface area contributed by atoms with E-state index in [1.807, 2.05) is 13.8 Å². The first-order valence-corrected chi connectivity index (χ1v) is 6.94.